The molecule has 0 spiro atoms. The largest absolute Gasteiger partial charge is 0.508 e. The molecule has 2 aromatic rings. The first kappa shape index (κ1) is 13.1. The highest BCUT2D eigenvalue weighted by Crippen LogP contribution is 2.37. The van der Waals surface area contributed by atoms with Gasteiger partial charge in [0.25, 0.3) is 0 Å². The molecule has 1 unspecified atom stereocenters. The van der Waals surface area contributed by atoms with E-state index < -0.39 is 0 Å². The van der Waals surface area contributed by atoms with Crippen LogP contribution in [0.3, 0.4) is 0 Å². The lowest BCUT2D eigenvalue weighted by Gasteiger charge is -2.16. The maximum absolute atomic E-state index is 9.71. The molecular formula is C14H12Br2N2O. The molecule has 0 amide bonds. The van der Waals surface area contributed by atoms with Crippen LogP contribution >= 0.6 is 31.9 Å². The van der Waals surface area contributed by atoms with E-state index in [1.54, 1.807) is 18.3 Å². The van der Waals surface area contributed by atoms with E-state index in [0.717, 1.165) is 44.2 Å². The van der Waals surface area contributed by atoms with Crippen LogP contribution in [-0.4, -0.2) is 10.1 Å². The van der Waals surface area contributed by atoms with Gasteiger partial charge in [-0.25, -0.2) is 0 Å². The molecule has 3 rings (SSSR count). The minimum Gasteiger partial charge on any atom is -0.508 e. The van der Waals surface area contributed by atoms with Gasteiger partial charge in [0.15, 0.2) is 0 Å². The molecule has 1 heterocycles. The Hall–Kier alpha value is -0.910. The molecule has 1 aliphatic carbocycles. The summed E-state index contributed by atoms with van der Waals surface area (Å²) < 4.78 is 1.80. The predicted molar refractivity (Wildman–Crippen MR) is 81.2 cm³/mol. The maximum atomic E-state index is 9.71. The molecule has 1 aliphatic rings. The smallest absolute Gasteiger partial charge is 0.117 e. The third-order valence-electron chi connectivity index (χ3n) is 3.44. The highest BCUT2D eigenvalue weighted by atomic mass is 79.9. The summed E-state index contributed by atoms with van der Waals surface area (Å²) in [6, 6.07) is 5.28. The maximum Gasteiger partial charge on any atom is 0.117 e. The number of halogens is 2. The van der Waals surface area contributed by atoms with Crippen molar-refractivity contribution in [2.45, 2.75) is 18.9 Å². The minimum absolute atomic E-state index is 0.262. The fourth-order valence-electron chi connectivity index (χ4n) is 2.59. The molecule has 0 saturated heterocycles. The van der Waals surface area contributed by atoms with Crippen molar-refractivity contribution in [1.82, 2.24) is 4.98 Å². The van der Waals surface area contributed by atoms with Crippen LogP contribution in [0.2, 0.25) is 0 Å². The monoisotopic (exact) mass is 382 g/mol. The normalized spacial score (nSPS) is 17.5. The van der Waals surface area contributed by atoms with E-state index in [1.165, 1.54) is 0 Å². The minimum atomic E-state index is -0.268. The summed E-state index contributed by atoms with van der Waals surface area (Å²) in [6.07, 6.45) is 3.50. The second-order valence-electron chi connectivity index (χ2n) is 4.68. The van der Waals surface area contributed by atoms with Crippen LogP contribution in [0.15, 0.2) is 33.3 Å². The van der Waals surface area contributed by atoms with Gasteiger partial charge < -0.3 is 10.8 Å². The van der Waals surface area contributed by atoms with Gasteiger partial charge in [-0.3, -0.25) is 4.98 Å². The van der Waals surface area contributed by atoms with Crippen molar-refractivity contribution in [1.29, 1.82) is 0 Å². The van der Waals surface area contributed by atoms with Crippen LogP contribution in [0.4, 0.5) is 0 Å². The summed E-state index contributed by atoms with van der Waals surface area (Å²) in [4.78, 5) is 4.47. The Balaban J connectivity index is 2.20. The fraction of sp³-hybridized carbons (Fsp3) is 0.214. The number of hydrogen-bond acceptors (Lipinski definition) is 3. The summed E-state index contributed by atoms with van der Waals surface area (Å²) in [5, 5.41) is 9.71. The molecule has 5 heteroatoms. The van der Waals surface area contributed by atoms with E-state index in [1.807, 2.05) is 0 Å². The molecule has 1 atom stereocenters. The first-order chi connectivity index (χ1) is 9.06. The van der Waals surface area contributed by atoms with Crippen LogP contribution in [0.1, 0.15) is 28.4 Å². The van der Waals surface area contributed by atoms with Crippen LogP contribution in [0, 0.1) is 0 Å². The molecule has 19 heavy (non-hydrogen) atoms. The summed E-state index contributed by atoms with van der Waals surface area (Å²) in [5.74, 6) is 0.262. The Labute approximate surface area is 128 Å². The molecule has 0 saturated carbocycles. The number of rotatable bonds is 0. The number of benzene rings is 1. The Morgan fingerprint density at radius 2 is 1.89 bits per heavy atom. The van der Waals surface area contributed by atoms with E-state index in [9.17, 15) is 5.11 Å². The van der Waals surface area contributed by atoms with Gasteiger partial charge in [-0.2, -0.15) is 0 Å². The zero-order valence-electron chi connectivity index (χ0n) is 10.0. The average Bonchev–Trinajstić information content (AvgIpc) is 2.47. The Morgan fingerprint density at radius 3 is 2.68 bits per heavy atom. The second-order valence-corrected chi connectivity index (χ2v) is 6.45. The number of phenolic OH excluding ortho intramolecular Hbond substituents is 1. The lowest BCUT2D eigenvalue weighted by molar-refractivity contribution is 0.473. The number of fused-ring (bicyclic) bond motifs is 2. The first-order valence-electron chi connectivity index (χ1n) is 5.97. The van der Waals surface area contributed by atoms with Gasteiger partial charge >= 0.3 is 0 Å². The van der Waals surface area contributed by atoms with Gasteiger partial charge in [0.1, 0.15) is 5.75 Å². The van der Waals surface area contributed by atoms with Gasteiger partial charge in [-0.1, -0.05) is 15.9 Å². The Bertz CT molecular complexity index is 658. The zero-order valence-corrected chi connectivity index (χ0v) is 13.2. The third-order valence-corrected chi connectivity index (χ3v) is 4.53. The predicted octanol–water partition coefficient (Wildman–Crippen LogP) is 3.46. The molecule has 1 aromatic carbocycles. The van der Waals surface area contributed by atoms with E-state index in [-0.39, 0.29) is 11.8 Å². The van der Waals surface area contributed by atoms with Gasteiger partial charge in [-0.05, 0) is 63.7 Å². The van der Waals surface area contributed by atoms with Crippen molar-refractivity contribution in [3.05, 3.63) is 55.7 Å². The van der Waals surface area contributed by atoms with Crippen molar-refractivity contribution >= 4 is 31.9 Å². The fourth-order valence-corrected chi connectivity index (χ4v) is 3.71. The summed E-state index contributed by atoms with van der Waals surface area (Å²) in [6.45, 7) is 0. The van der Waals surface area contributed by atoms with E-state index in [2.05, 4.69) is 42.9 Å². The topological polar surface area (TPSA) is 59.1 Å². The highest BCUT2D eigenvalue weighted by Gasteiger charge is 2.24. The quantitative estimate of drug-likeness (QED) is 0.732. The third kappa shape index (κ3) is 2.30. The Kier molecular flexibility index (Phi) is 3.37. The van der Waals surface area contributed by atoms with Crippen molar-refractivity contribution in [3.8, 4) is 5.75 Å². The lowest BCUT2D eigenvalue weighted by Crippen LogP contribution is -2.16. The number of nitrogens with zero attached hydrogens (tertiary/aromatic N) is 1. The Morgan fingerprint density at radius 1 is 1.16 bits per heavy atom. The summed E-state index contributed by atoms with van der Waals surface area (Å²) >= 11 is 6.94. The number of aryl methyl sites for hydroxylation is 2. The standard InChI is InChI=1S/C14H12Br2N2O/c15-9-3-8-2-1-7-4-10(19)5-11(16)12(7)13(17)14(8)18-6-9/h3-6,13,19H,1-2,17H2. The first-order valence-corrected chi connectivity index (χ1v) is 7.56. The average molecular weight is 384 g/mol. The second kappa shape index (κ2) is 4.89. The number of aromatic nitrogens is 1. The molecule has 0 radical (unpaired) electrons. The van der Waals surface area contributed by atoms with Crippen molar-refractivity contribution in [2.24, 2.45) is 5.73 Å². The van der Waals surface area contributed by atoms with Crippen LogP contribution < -0.4 is 5.73 Å². The van der Waals surface area contributed by atoms with Gasteiger partial charge in [0, 0.05) is 15.1 Å². The number of nitrogens with two attached hydrogens (primary N) is 1. The van der Waals surface area contributed by atoms with Gasteiger partial charge in [0.2, 0.25) is 0 Å². The molecule has 3 nitrogen and oxygen atoms in total. The molecular weight excluding hydrogens is 372 g/mol. The van der Waals surface area contributed by atoms with Gasteiger partial charge in [-0.15, -0.1) is 0 Å². The van der Waals surface area contributed by atoms with Crippen LogP contribution in [0.5, 0.6) is 5.75 Å². The van der Waals surface area contributed by atoms with E-state index >= 15 is 0 Å². The summed E-state index contributed by atoms with van der Waals surface area (Å²) in [5.41, 5.74) is 10.5. The zero-order chi connectivity index (χ0) is 13.6. The molecule has 0 bridgehead atoms. The molecule has 1 aromatic heterocycles. The van der Waals surface area contributed by atoms with Crippen molar-refractivity contribution < 1.29 is 5.11 Å². The summed E-state index contributed by atoms with van der Waals surface area (Å²) in [7, 11) is 0. The molecule has 98 valence electrons. The van der Waals surface area contributed by atoms with E-state index in [0.29, 0.717) is 0 Å². The molecule has 0 aliphatic heterocycles. The van der Waals surface area contributed by atoms with E-state index in [4.69, 9.17) is 5.73 Å². The number of phenols is 1. The van der Waals surface area contributed by atoms with Gasteiger partial charge in [0.05, 0.1) is 11.7 Å². The SMILES string of the molecule is NC1c2ncc(Br)cc2CCc2cc(O)cc(Br)c21. The highest BCUT2D eigenvalue weighted by molar-refractivity contribution is 9.10. The molecule has 0 fully saturated rings. The number of hydrogen-bond donors (Lipinski definition) is 2. The number of pyridine rings is 1. The lowest BCUT2D eigenvalue weighted by atomic mass is 9.99. The van der Waals surface area contributed by atoms with Crippen LogP contribution in [0.25, 0.3) is 0 Å². The molecule has 3 N–H and O–H groups in total. The van der Waals surface area contributed by atoms with Crippen molar-refractivity contribution in [2.75, 3.05) is 0 Å². The van der Waals surface area contributed by atoms with Crippen LogP contribution in [-0.2, 0) is 12.8 Å². The van der Waals surface area contributed by atoms with Crippen molar-refractivity contribution in [3.63, 3.8) is 0 Å². The number of aromatic hydroxyl groups is 1.